The molecule has 2 unspecified atom stereocenters. The smallest absolute Gasteiger partial charge is 0.126 e. The topological polar surface area (TPSA) is 23.5 Å². The zero-order chi connectivity index (χ0) is 15.7. The normalized spacial score (nSPS) is 26.1. The molecular formula is C19H22FNO. The van der Waals surface area contributed by atoms with Gasteiger partial charge in [-0.05, 0) is 37.6 Å². The van der Waals surface area contributed by atoms with Gasteiger partial charge in [0.1, 0.15) is 5.82 Å². The number of likely N-dealkylation sites (N-methyl/N-ethyl adjacent to an activating group) is 1. The fraction of sp³-hybridized carbons (Fsp3) is 0.368. The van der Waals surface area contributed by atoms with Crippen LogP contribution in [0.15, 0.2) is 48.5 Å². The van der Waals surface area contributed by atoms with E-state index in [0.29, 0.717) is 18.5 Å². The number of nitrogens with zero attached hydrogens (tertiary/aromatic N) is 1. The fourth-order valence-electron chi connectivity index (χ4n) is 3.46. The van der Waals surface area contributed by atoms with E-state index < -0.39 is 5.60 Å². The molecule has 1 fully saturated rings. The molecule has 0 amide bonds. The van der Waals surface area contributed by atoms with Crippen LogP contribution in [-0.2, 0) is 5.60 Å². The van der Waals surface area contributed by atoms with Crippen molar-refractivity contribution in [2.45, 2.75) is 24.9 Å². The van der Waals surface area contributed by atoms with Crippen LogP contribution < -0.4 is 0 Å². The first kappa shape index (κ1) is 15.2. The van der Waals surface area contributed by atoms with Gasteiger partial charge in [-0.1, -0.05) is 48.0 Å². The molecule has 1 heterocycles. The van der Waals surface area contributed by atoms with Gasteiger partial charge in [0.25, 0.3) is 0 Å². The van der Waals surface area contributed by atoms with Gasteiger partial charge in [0, 0.05) is 19.0 Å². The Bertz CT molecular complexity index is 672. The molecule has 0 radical (unpaired) electrons. The first-order chi connectivity index (χ1) is 10.5. The van der Waals surface area contributed by atoms with Crippen LogP contribution in [0, 0.1) is 12.7 Å². The Morgan fingerprint density at radius 3 is 2.68 bits per heavy atom. The van der Waals surface area contributed by atoms with Gasteiger partial charge in [-0.25, -0.2) is 4.39 Å². The lowest BCUT2D eigenvalue weighted by molar-refractivity contribution is -0.0428. The molecule has 2 aromatic carbocycles. The minimum atomic E-state index is -1.03. The average Bonchev–Trinajstić information content (AvgIpc) is 2.51. The Labute approximate surface area is 131 Å². The fourth-order valence-corrected chi connectivity index (χ4v) is 3.46. The second kappa shape index (κ2) is 5.82. The molecule has 1 N–H and O–H groups in total. The molecule has 2 atom stereocenters. The molecular weight excluding hydrogens is 277 g/mol. The van der Waals surface area contributed by atoms with Gasteiger partial charge in [-0.2, -0.15) is 0 Å². The van der Waals surface area contributed by atoms with Crippen molar-refractivity contribution in [2.24, 2.45) is 0 Å². The highest BCUT2D eigenvalue weighted by atomic mass is 19.1. The first-order valence-electron chi connectivity index (χ1n) is 7.73. The number of halogens is 1. The predicted molar refractivity (Wildman–Crippen MR) is 86.3 cm³/mol. The second-order valence-corrected chi connectivity index (χ2v) is 6.38. The van der Waals surface area contributed by atoms with E-state index in [-0.39, 0.29) is 11.7 Å². The van der Waals surface area contributed by atoms with Crippen LogP contribution in [0.4, 0.5) is 4.39 Å². The molecule has 22 heavy (non-hydrogen) atoms. The van der Waals surface area contributed by atoms with Crippen molar-refractivity contribution in [3.05, 3.63) is 71.0 Å². The lowest BCUT2D eigenvalue weighted by atomic mass is 9.72. The summed E-state index contributed by atoms with van der Waals surface area (Å²) >= 11 is 0. The molecule has 2 aromatic rings. The number of aryl methyl sites for hydroxylation is 1. The van der Waals surface area contributed by atoms with E-state index >= 15 is 0 Å². The zero-order valence-corrected chi connectivity index (χ0v) is 13.1. The number of benzene rings is 2. The molecule has 1 aliphatic rings. The van der Waals surface area contributed by atoms with Gasteiger partial charge in [0.05, 0.1) is 5.60 Å². The Balaban J connectivity index is 2.09. The van der Waals surface area contributed by atoms with Gasteiger partial charge >= 0.3 is 0 Å². The van der Waals surface area contributed by atoms with E-state index in [1.807, 2.05) is 44.3 Å². The summed E-state index contributed by atoms with van der Waals surface area (Å²) in [6, 6.07) is 14.7. The van der Waals surface area contributed by atoms with E-state index in [9.17, 15) is 9.50 Å². The molecule has 2 nitrogen and oxygen atoms in total. The van der Waals surface area contributed by atoms with E-state index in [1.165, 1.54) is 6.07 Å². The van der Waals surface area contributed by atoms with Crippen LogP contribution in [0.1, 0.15) is 29.0 Å². The molecule has 0 aliphatic carbocycles. The van der Waals surface area contributed by atoms with Gasteiger partial charge < -0.3 is 10.0 Å². The van der Waals surface area contributed by atoms with Gasteiger partial charge in [0.2, 0.25) is 0 Å². The van der Waals surface area contributed by atoms with Gasteiger partial charge in [0.15, 0.2) is 0 Å². The zero-order valence-electron chi connectivity index (χ0n) is 13.1. The van der Waals surface area contributed by atoms with Crippen molar-refractivity contribution in [2.75, 3.05) is 20.1 Å². The number of aliphatic hydroxyl groups is 1. The molecule has 116 valence electrons. The van der Waals surface area contributed by atoms with Crippen molar-refractivity contribution in [1.82, 2.24) is 4.90 Å². The van der Waals surface area contributed by atoms with Crippen molar-refractivity contribution >= 4 is 0 Å². The first-order valence-corrected chi connectivity index (χ1v) is 7.73. The summed E-state index contributed by atoms with van der Waals surface area (Å²) in [5.41, 5.74) is 1.56. The monoisotopic (exact) mass is 299 g/mol. The Hall–Kier alpha value is -1.71. The quantitative estimate of drug-likeness (QED) is 0.918. The van der Waals surface area contributed by atoms with Crippen molar-refractivity contribution in [3.63, 3.8) is 0 Å². The summed E-state index contributed by atoms with van der Waals surface area (Å²) in [6.45, 7) is 3.46. The van der Waals surface area contributed by atoms with Crippen molar-refractivity contribution in [1.29, 1.82) is 0 Å². The molecule has 1 saturated heterocycles. The lowest BCUT2D eigenvalue weighted by Crippen LogP contribution is -2.47. The average molecular weight is 299 g/mol. The minimum absolute atomic E-state index is 0.242. The number of hydrogen-bond donors (Lipinski definition) is 1. The summed E-state index contributed by atoms with van der Waals surface area (Å²) in [7, 11) is 2.02. The second-order valence-electron chi connectivity index (χ2n) is 6.38. The molecule has 3 rings (SSSR count). The third-order valence-electron chi connectivity index (χ3n) is 4.74. The summed E-state index contributed by atoms with van der Waals surface area (Å²) in [4.78, 5) is 2.15. The minimum Gasteiger partial charge on any atom is -0.384 e. The highest BCUT2D eigenvalue weighted by molar-refractivity contribution is 5.35. The molecule has 1 aliphatic heterocycles. The van der Waals surface area contributed by atoms with Crippen LogP contribution in [0.25, 0.3) is 0 Å². The third kappa shape index (κ3) is 2.67. The van der Waals surface area contributed by atoms with Crippen LogP contribution in [0.3, 0.4) is 0 Å². The Morgan fingerprint density at radius 2 is 1.95 bits per heavy atom. The SMILES string of the molecule is Cc1cccc(C2(O)CCN(C)CC2c2ccccc2F)c1. The van der Waals surface area contributed by atoms with E-state index in [0.717, 1.165) is 17.7 Å². The van der Waals surface area contributed by atoms with Crippen LogP contribution in [0.2, 0.25) is 0 Å². The Kier molecular flexibility index (Phi) is 4.02. The summed E-state index contributed by atoms with van der Waals surface area (Å²) in [5, 5.41) is 11.4. The van der Waals surface area contributed by atoms with E-state index in [4.69, 9.17) is 0 Å². The maximum Gasteiger partial charge on any atom is 0.126 e. The van der Waals surface area contributed by atoms with E-state index in [2.05, 4.69) is 4.90 Å². The predicted octanol–water partition coefficient (Wildman–Crippen LogP) is 3.44. The van der Waals surface area contributed by atoms with Crippen LogP contribution in [-0.4, -0.2) is 30.1 Å². The standard InChI is InChI=1S/C19H22FNO/c1-14-6-5-7-15(12-14)19(22)10-11-21(2)13-17(19)16-8-3-4-9-18(16)20/h3-9,12,17,22H,10-11,13H2,1-2H3. The number of hydrogen-bond acceptors (Lipinski definition) is 2. The number of likely N-dealkylation sites (tertiary alicyclic amines) is 1. The maximum absolute atomic E-state index is 14.3. The van der Waals surface area contributed by atoms with Crippen molar-refractivity contribution < 1.29 is 9.50 Å². The molecule has 0 saturated carbocycles. The number of piperidine rings is 1. The third-order valence-corrected chi connectivity index (χ3v) is 4.74. The van der Waals surface area contributed by atoms with Crippen LogP contribution >= 0.6 is 0 Å². The van der Waals surface area contributed by atoms with E-state index in [1.54, 1.807) is 12.1 Å². The van der Waals surface area contributed by atoms with Gasteiger partial charge in [-0.3, -0.25) is 0 Å². The maximum atomic E-state index is 14.3. The molecule has 3 heteroatoms. The highest BCUT2D eigenvalue weighted by Crippen LogP contribution is 2.43. The highest BCUT2D eigenvalue weighted by Gasteiger charge is 2.43. The van der Waals surface area contributed by atoms with Crippen LogP contribution in [0.5, 0.6) is 0 Å². The number of rotatable bonds is 2. The summed E-state index contributed by atoms with van der Waals surface area (Å²) in [5.74, 6) is -0.511. The summed E-state index contributed by atoms with van der Waals surface area (Å²) < 4.78 is 14.3. The summed E-state index contributed by atoms with van der Waals surface area (Å²) in [6.07, 6.45) is 0.603. The lowest BCUT2D eigenvalue weighted by Gasteiger charge is -2.44. The molecule has 0 bridgehead atoms. The van der Waals surface area contributed by atoms with Crippen molar-refractivity contribution in [3.8, 4) is 0 Å². The molecule has 0 spiro atoms. The Morgan fingerprint density at radius 1 is 1.18 bits per heavy atom. The molecule has 0 aromatic heterocycles. The van der Waals surface area contributed by atoms with Gasteiger partial charge in [-0.15, -0.1) is 0 Å². The largest absolute Gasteiger partial charge is 0.384 e.